The van der Waals surface area contributed by atoms with Crippen LogP contribution in [-0.2, 0) is 65.4 Å². The lowest BCUT2D eigenvalue weighted by molar-refractivity contribution is -0.161. The first-order valence-corrected chi connectivity index (χ1v) is 39.6. The second-order valence-electron chi connectivity index (χ2n) is 24.9. The largest absolute Gasteiger partial charge is 0.472 e. The summed E-state index contributed by atoms with van der Waals surface area (Å²) < 4.78 is 68.2. The van der Waals surface area contributed by atoms with E-state index in [1.54, 1.807) is 0 Å². The zero-order valence-corrected chi connectivity index (χ0v) is 59.4. The van der Waals surface area contributed by atoms with Crippen molar-refractivity contribution in [1.29, 1.82) is 0 Å². The number of phosphoric acid groups is 2. The summed E-state index contributed by atoms with van der Waals surface area (Å²) in [5.74, 6) is -2.15. The van der Waals surface area contributed by atoms with Crippen LogP contribution >= 0.6 is 15.6 Å². The Morgan fingerprint density at radius 1 is 0.311 bits per heavy atom. The summed E-state index contributed by atoms with van der Waals surface area (Å²) in [6, 6.07) is 0. The first kappa shape index (κ1) is 87.5. The number of carbonyl (C=O) groups is 4. The van der Waals surface area contributed by atoms with Gasteiger partial charge in [0.05, 0.1) is 26.4 Å². The van der Waals surface area contributed by atoms with Gasteiger partial charge in [0.1, 0.15) is 19.3 Å². The Morgan fingerprint density at radius 2 is 0.533 bits per heavy atom. The summed E-state index contributed by atoms with van der Waals surface area (Å²) >= 11 is 0. The molecule has 0 aromatic heterocycles. The van der Waals surface area contributed by atoms with E-state index in [2.05, 4.69) is 52.0 Å². The third kappa shape index (κ3) is 64.3. The minimum atomic E-state index is -4.96. The smallest absolute Gasteiger partial charge is 0.462 e. The molecule has 0 fully saturated rings. The van der Waals surface area contributed by atoms with Crippen LogP contribution in [0.2, 0.25) is 0 Å². The van der Waals surface area contributed by atoms with Crippen LogP contribution < -0.4 is 0 Å². The van der Waals surface area contributed by atoms with E-state index in [-0.39, 0.29) is 25.7 Å². The Balaban J connectivity index is 5.27. The first-order valence-electron chi connectivity index (χ1n) is 36.6. The number of carbonyl (C=O) groups excluding carboxylic acids is 4. The number of hydrogen-bond acceptors (Lipinski definition) is 15. The molecular weight excluding hydrogens is 1190 g/mol. The molecule has 0 aromatic rings. The van der Waals surface area contributed by atoms with Crippen molar-refractivity contribution in [3.8, 4) is 0 Å². The summed E-state index contributed by atoms with van der Waals surface area (Å²) in [5.41, 5.74) is 0. The van der Waals surface area contributed by atoms with Crippen LogP contribution in [0.4, 0.5) is 0 Å². The number of phosphoric ester groups is 2. The molecule has 0 saturated heterocycles. The van der Waals surface area contributed by atoms with E-state index in [1.165, 1.54) is 167 Å². The molecule has 3 N–H and O–H groups in total. The maximum atomic E-state index is 13.0. The van der Waals surface area contributed by atoms with E-state index in [0.717, 1.165) is 103 Å². The van der Waals surface area contributed by atoms with E-state index >= 15 is 0 Å². The van der Waals surface area contributed by atoms with Gasteiger partial charge in [0, 0.05) is 25.7 Å². The normalized spacial score (nSPS) is 14.2. The van der Waals surface area contributed by atoms with Crippen molar-refractivity contribution >= 4 is 39.5 Å². The second kappa shape index (κ2) is 65.2. The van der Waals surface area contributed by atoms with Crippen LogP contribution in [0.3, 0.4) is 0 Å². The standard InChI is InChI=1S/C71H134O17P2/c1-5-9-13-17-21-25-28-31-32-35-38-42-46-50-54-58-71(76)88-67(62-82-69(74)56-52-48-44-40-36-33-29-26-22-18-14-10-6-2)64-86-90(79,80)84-60-65(72)59-83-89(77,78)85-63-66(61-81-68(73)55-51-47-43-39-24-20-16-12-8-4)87-70(75)57-53-49-45-41-37-34-30-27-23-19-15-11-7-3/h25,28,31-32,65-67,72H,5-24,26-27,29-30,33-64H2,1-4H3,(H,77,78)(H,79,80)/b28-25-,32-31-/t65-,66+,67+/m0/s1. The third-order valence-electron chi connectivity index (χ3n) is 16.0. The van der Waals surface area contributed by atoms with Gasteiger partial charge in [0.25, 0.3) is 0 Å². The van der Waals surface area contributed by atoms with Gasteiger partial charge in [-0.05, 0) is 51.4 Å². The number of unbranched alkanes of at least 4 members (excludes halogenated alkanes) is 41. The van der Waals surface area contributed by atoms with Gasteiger partial charge < -0.3 is 33.8 Å². The van der Waals surface area contributed by atoms with Crippen molar-refractivity contribution in [2.75, 3.05) is 39.6 Å². The van der Waals surface area contributed by atoms with Crippen LogP contribution in [-0.4, -0.2) is 96.7 Å². The van der Waals surface area contributed by atoms with Crippen molar-refractivity contribution < 1.29 is 80.2 Å². The average molecular weight is 1320 g/mol. The molecule has 0 aliphatic rings. The predicted molar refractivity (Wildman–Crippen MR) is 363 cm³/mol. The quantitative estimate of drug-likeness (QED) is 0.0169. The van der Waals surface area contributed by atoms with E-state index in [0.29, 0.717) is 25.7 Å². The zero-order valence-electron chi connectivity index (χ0n) is 57.6. The molecule has 0 rings (SSSR count). The first-order chi connectivity index (χ1) is 43.7. The van der Waals surface area contributed by atoms with Gasteiger partial charge in [-0.3, -0.25) is 37.3 Å². The molecule has 2 unspecified atom stereocenters. The van der Waals surface area contributed by atoms with Crippen LogP contribution in [0.15, 0.2) is 24.3 Å². The molecule has 90 heavy (non-hydrogen) atoms. The lowest BCUT2D eigenvalue weighted by Gasteiger charge is -2.21. The average Bonchev–Trinajstić information content (AvgIpc) is 3.74. The maximum absolute atomic E-state index is 13.0. The van der Waals surface area contributed by atoms with Crippen molar-refractivity contribution in [3.63, 3.8) is 0 Å². The van der Waals surface area contributed by atoms with Gasteiger partial charge in [-0.25, -0.2) is 9.13 Å². The molecule has 0 amide bonds. The molecule has 0 radical (unpaired) electrons. The van der Waals surface area contributed by atoms with Gasteiger partial charge in [-0.1, -0.05) is 296 Å². The molecule has 0 bridgehead atoms. The molecule has 0 aromatic carbocycles. The van der Waals surface area contributed by atoms with Gasteiger partial charge in [0.15, 0.2) is 12.2 Å². The molecule has 0 aliphatic carbocycles. The lowest BCUT2D eigenvalue weighted by Crippen LogP contribution is -2.30. The minimum Gasteiger partial charge on any atom is -0.462 e. The second-order valence-corrected chi connectivity index (χ2v) is 27.8. The van der Waals surface area contributed by atoms with Gasteiger partial charge >= 0.3 is 39.5 Å². The topological polar surface area (TPSA) is 237 Å². The van der Waals surface area contributed by atoms with Crippen molar-refractivity contribution in [3.05, 3.63) is 24.3 Å². The van der Waals surface area contributed by atoms with Gasteiger partial charge in [-0.2, -0.15) is 0 Å². The summed E-state index contributed by atoms with van der Waals surface area (Å²) in [7, 11) is -9.91. The molecule has 17 nitrogen and oxygen atoms in total. The Hall–Kier alpha value is -2.46. The molecule has 0 heterocycles. The SMILES string of the molecule is CCCCCC/C=C\C=C/CCCCCCCC(=O)O[C@H](COC(=O)CCCCCCCCCCCCCCC)COP(=O)(O)OC[C@@H](O)COP(=O)(O)OC[C@@H](COC(=O)CCCCCCCCCCC)OC(=O)CCCCCCCCCCCCCCC. The predicted octanol–water partition coefficient (Wildman–Crippen LogP) is 20.2. The fraction of sp³-hybridized carbons (Fsp3) is 0.887. The van der Waals surface area contributed by atoms with E-state index in [4.69, 9.17) is 37.0 Å². The molecule has 0 spiro atoms. The number of allylic oxidation sites excluding steroid dienone is 4. The fourth-order valence-corrected chi connectivity index (χ4v) is 11.9. The maximum Gasteiger partial charge on any atom is 0.472 e. The van der Waals surface area contributed by atoms with Crippen molar-refractivity contribution in [1.82, 2.24) is 0 Å². The number of ether oxygens (including phenoxy) is 4. The number of esters is 4. The highest BCUT2D eigenvalue weighted by Gasteiger charge is 2.30. The van der Waals surface area contributed by atoms with Crippen LogP contribution in [0, 0.1) is 0 Å². The molecule has 19 heteroatoms. The van der Waals surface area contributed by atoms with Crippen LogP contribution in [0.5, 0.6) is 0 Å². The van der Waals surface area contributed by atoms with Gasteiger partial charge in [-0.15, -0.1) is 0 Å². The summed E-state index contributed by atoms with van der Waals surface area (Å²) in [6.07, 6.45) is 56.1. The van der Waals surface area contributed by atoms with Crippen molar-refractivity contribution in [2.24, 2.45) is 0 Å². The molecular formula is C71H134O17P2. The summed E-state index contributed by atoms with van der Waals surface area (Å²) in [5, 5.41) is 10.6. The number of rotatable bonds is 70. The van der Waals surface area contributed by atoms with Crippen LogP contribution in [0.1, 0.15) is 349 Å². The number of hydrogen-bond donors (Lipinski definition) is 3. The molecule has 5 atom stereocenters. The number of aliphatic hydroxyl groups is 1. The fourth-order valence-electron chi connectivity index (χ4n) is 10.3. The van der Waals surface area contributed by atoms with E-state index < -0.39 is 97.5 Å². The Morgan fingerprint density at radius 3 is 0.811 bits per heavy atom. The lowest BCUT2D eigenvalue weighted by atomic mass is 10.0. The van der Waals surface area contributed by atoms with Crippen molar-refractivity contribution in [2.45, 2.75) is 367 Å². The minimum absolute atomic E-state index is 0.0858. The highest BCUT2D eigenvalue weighted by molar-refractivity contribution is 7.47. The van der Waals surface area contributed by atoms with E-state index in [9.17, 15) is 43.2 Å². The Bertz CT molecular complexity index is 1820. The molecule has 0 aliphatic heterocycles. The van der Waals surface area contributed by atoms with E-state index in [1.807, 2.05) is 0 Å². The number of aliphatic hydroxyl groups excluding tert-OH is 1. The monoisotopic (exact) mass is 1320 g/mol. The highest BCUT2D eigenvalue weighted by Crippen LogP contribution is 2.45. The Labute approximate surface area is 548 Å². The highest BCUT2D eigenvalue weighted by atomic mass is 31.2. The molecule has 530 valence electrons. The van der Waals surface area contributed by atoms with Crippen LogP contribution in [0.25, 0.3) is 0 Å². The summed E-state index contributed by atoms with van der Waals surface area (Å²) in [6.45, 7) is 4.87. The third-order valence-corrected chi connectivity index (χ3v) is 17.9. The molecule has 0 saturated carbocycles. The summed E-state index contributed by atoms with van der Waals surface area (Å²) in [4.78, 5) is 72.5. The Kier molecular flexibility index (Phi) is 63.4. The zero-order chi connectivity index (χ0) is 66.1. The van der Waals surface area contributed by atoms with Gasteiger partial charge in [0.2, 0.25) is 0 Å².